The van der Waals surface area contributed by atoms with E-state index in [-0.39, 0.29) is 11.4 Å². The van der Waals surface area contributed by atoms with Gasteiger partial charge in [0.05, 0.1) is 4.90 Å². The molecule has 0 spiro atoms. The number of nitrogens with one attached hydrogen (secondary N) is 2. The summed E-state index contributed by atoms with van der Waals surface area (Å²) in [6.45, 7) is 2.29. The maximum absolute atomic E-state index is 12.5. The van der Waals surface area contributed by atoms with Crippen LogP contribution in [0.5, 0.6) is 0 Å². The minimum absolute atomic E-state index is 0.176. The van der Waals surface area contributed by atoms with Crippen LogP contribution in [-0.4, -0.2) is 46.5 Å². The second-order valence-electron chi connectivity index (χ2n) is 6.33. The molecule has 154 valence electrons. The van der Waals surface area contributed by atoms with Crippen molar-refractivity contribution < 1.29 is 12.8 Å². The molecule has 0 aliphatic carbocycles. The number of sulfonamides is 1. The highest BCUT2D eigenvalue weighted by molar-refractivity contribution is 7.89. The SMILES string of the molecule is Cc1nc(-c2ccc(S(=O)(=O)NCCNc3ccc(-n4cccn4)nn3)cc2)co1. The number of nitrogens with zero attached hydrogens (tertiary/aromatic N) is 5. The predicted molar refractivity (Wildman–Crippen MR) is 110 cm³/mol. The van der Waals surface area contributed by atoms with Gasteiger partial charge in [0.1, 0.15) is 17.8 Å². The first-order valence-corrected chi connectivity index (χ1v) is 10.6. The van der Waals surface area contributed by atoms with Crippen LogP contribution in [0.2, 0.25) is 0 Å². The first kappa shape index (κ1) is 19.7. The molecule has 30 heavy (non-hydrogen) atoms. The van der Waals surface area contributed by atoms with E-state index < -0.39 is 10.0 Å². The van der Waals surface area contributed by atoms with Crippen molar-refractivity contribution in [1.29, 1.82) is 0 Å². The van der Waals surface area contributed by atoms with Gasteiger partial charge in [-0.15, -0.1) is 10.2 Å². The molecule has 0 radical (unpaired) electrons. The molecule has 0 aliphatic rings. The van der Waals surface area contributed by atoms with Gasteiger partial charge in [0.15, 0.2) is 11.7 Å². The molecule has 3 aromatic heterocycles. The van der Waals surface area contributed by atoms with E-state index in [4.69, 9.17) is 4.42 Å². The third-order valence-corrected chi connectivity index (χ3v) is 5.67. The Kier molecular flexibility index (Phi) is 5.55. The standard InChI is InChI=1S/C19H19N7O3S/c1-14-23-17(13-29-14)15-3-5-16(6-4-15)30(27,28)22-11-10-20-18-7-8-19(25-24-18)26-12-2-9-21-26/h2-9,12-13,22H,10-11H2,1H3,(H,20,24). The zero-order chi connectivity index (χ0) is 21.0. The smallest absolute Gasteiger partial charge is 0.240 e. The van der Waals surface area contributed by atoms with E-state index in [1.165, 1.54) is 18.4 Å². The normalized spacial score (nSPS) is 11.5. The van der Waals surface area contributed by atoms with Crippen molar-refractivity contribution in [3.63, 3.8) is 0 Å². The first-order chi connectivity index (χ1) is 14.5. The van der Waals surface area contributed by atoms with E-state index in [1.807, 2.05) is 0 Å². The van der Waals surface area contributed by atoms with Gasteiger partial charge in [-0.3, -0.25) is 0 Å². The van der Waals surface area contributed by atoms with E-state index >= 15 is 0 Å². The molecule has 0 amide bonds. The second-order valence-corrected chi connectivity index (χ2v) is 8.10. The molecule has 1 aromatic carbocycles. The lowest BCUT2D eigenvalue weighted by Crippen LogP contribution is -2.29. The van der Waals surface area contributed by atoms with E-state index in [2.05, 4.69) is 30.3 Å². The van der Waals surface area contributed by atoms with Gasteiger partial charge < -0.3 is 9.73 Å². The van der Waals surface area contributed by atoms with Crippen molar-refractivity contribution in [2.45, 2.75) is 11.8 Å². The highest BCUT2D eigenvalue weighted by atomic mass is 32.2. The monoisotopic (exact) mass is 425 g/mol. The highest BCUT2D eigenvalue weighted by Gasteiger charge is 2.14. The van der Waals surface area contributed by atoms with Gasteiger partial charge in [-0.25, -0.2) is 22.8 Å². The molecule has 4 rings (SSSR count). The first-order valence-electron chi connectivity index (χ1n) is 9.11. The number of oxazole rings is 1. The third-order valence-electron chi connectivity index (χ3n) is 4.19. The van der Waals surface area contributed by atoms with Crippen LogP contribution in [0, 0.1) is 6.92 Å². The zero-order valence-electron chi connectivity index (χ0n) is 16.1. The van der Waals surface area contributed by atoms with Gasteiger partial charge in [0.2, 0.25) is 10.0 Å². The summed E-state index contributed by atoms with van der Waals surface area (Å²) in [4.78, 5) is 4.40. The van der Waals surface area contributed by atoms with Crippen LogP contribution < -0.4 is 10.0 Å². The number of rotatable bonds is 8. The van der Waals surface area contributed by atoms with Gasteiger partial charge in [-0.2, -0.15) is 5.10 Å². The van der Waals surface area contributed by atoms with Crippen LogP contribution in [0.3, 0.4) is 0 Å². The van der Waals surface area contributed by atoms with Crippen molar-refractivity contribution >= 4 is 15.8 Å². The molecule has 4 aromatic rings. The fourth-order valence-electron chi connectivity index (χ4n) is 2.71. The molecule has 0 saturated carbocycles. The predicted octanol–water partition coefficient (Wildman–Crippen LogP) is 2.02. The Labute approximate surface area is 173 Å². The van der Waals surface area contributed by atoms with Gasteiger partial charge >= 0.3 is 0 Å². The van der Waals surface area contributed by atoms with Crippen molar-refractivity contribution in [2.24, 2.45) is 0 Å². The second kappa shape index (κ2) is 8.43. The molecule has 2 N–H and O–H groups in total. The molecule has 0 bridgehead atoms. The summed E-state index contributed by atoms with van der Waals surface area (Å²) in [7, 11) is -3.63. The Hall–Kier alpha value is -3.57. The molecule has 0 saturated heterocycles. The lowest BCUT2D eigenvalue weighted by atomic mass is 10.2. The number of aromatic nitrogens is 5. The third kappa shape index (κ3) is 4.53. The molecule has 0 fully saturated rings. The minimum atomic E-state index is -3.63. The Morgan fingerprint density at radius 2 is 1.90 bits per heavy atom. The van der Waals surface area contributed by atoms with Crippen LogP contribution in [0.25, 0.3) is 17.1 Å². The Balaban J connectivity index is 1.30. The summed E-state index contributed by atoms with van der Waals surface area (Å²) in [6.07, 6.45) is 4.96. The lowest BCUT2D eigenvalue weighted by Gasteiger charge is -2.09. The van der Waals surface area contributed by atoms with Crippen LogP contribution in [0.4, 0.5) is 5.82 Å². The summed E-state index contributed by atoms with van der Waals surface area (Å²) in [5.41, 5.74) is 1.44. The quantitative estimate of drug-likeness (QED) is 0.410. The average Bonchev–Trinajstić information content (AvgIpc) is 3.44. The summed E-state index contributed by atoms with van der Waals surface area (Å²) in [5, 5.41) is 15.2. The molecule has 11 heteroatoms. The fraction of sp³-hybridized carbons (Fsp3) is 0.158. The number of aryl methyl sites for hydroxylation is 1. The summed E-state index contributed by atoms with van der Waals surface area (Å²) in [5.74, 6) is 1.68. The van der Waals surface area contributed by atoms with Crippen LogP contribution in [0.15, 0.2) is 70.4 Å². The van der Waals surface area contributed by atoms with Gasteiger partial charge in [0.25, 0.3) is 0 Å². The molecule has 0 unspecified atom stereocenters. The fourth-order valence-corrected chi connectivity index (χ4v) is 3.74. The number of hydrogen-bond acceptors (Lipinski definition) is 8. The highest BCUT2D eigenvalue weighted by Crippen LogP contribution is 2.20. The molecule has 3 heterocycles. The minimum Gasteiger partial charge on any atom is -0.449 e. The van der Waals surface area contributed by atoms with Gasteiger partial charge in [0, 0.05) is 38.0 Å². The van der Waals surface area contributed by atoms with Crippen LogP contribution >= 0.6 is 0 Å². The van der Waals surface area contributed by atoms with Crippen molar-refractivity contribution in [1.82, 2.24) is 29.7 Å². The van der Waals surface area contributed by atoms with E-state index in [0.29, 0.717) is 29.8 Å². The number of anilines is 1. The van der Waals surface area contributed by atoms with Crippen molar-refractivity contribution in [3.8, 4) is 17.1 Å². The number of benzene rings is 1. The van der Waals surface area contributed by atoms with Crippen molar-refractivity contribution in [2.75, 3.05) is 18.4 Å². The molecular formula is C19H19N7O3S. The van der Waals surface area contributed by atoms with E-state index in [1.54, 1.807) is 54.3 Å². The Morgan fingerprint density at radius 3 is 2.53 bits per heavy atom. The maximum atomic E-state index is 12.5. The van der Waals surface area contributed by atoms with E-state index in [9.17, 15) is 8.42 Å². The molecule has 10 nitrogen and oxygen atoms in total. The summed E-state index contributed by atoms with van der Waals surface area (Å²) < 4.78 is 34.3. The van der Waals surface area contributed by atoms with E-state index in [0.717, 1.165) is 5.56 Å². The zero-order valence-corrected chi connectivity index (χ0v) is 16.9. The van der Waals surface area contributed by atoms with Crippen LogP contribution in [0.1, 0.15) is 5.89 Å². The largest absolute Gasteiger partial charge is 0.449 e. The van der Waals surface area contributed by atoms with Gasteiger partial charge in [-0.05, 0) is 30.3 Å². The summed E-state index contributed by atoms with van der Waals surface area (Å²) in [6, 6.07) is 11.8. The van der Waals surface area contributed by atoms with Gasteiger partial charge in [-0.1, -0.05) is 12.1 Å². The van der Waals surface area contributed by atoms with Crippen molar-refractivity contribution in [3.05, 3.63) is 67.0 Å². The lowest BCUT2D eigenvalue weighted by molar-refractivity contribution is 0.521. The number of hydrogen-bond donors (Lipinski definition) is 2. The topological polar surface area (TPSA) is 128 Å². The molecule has 0 atom stereocenters. The molecule has 0 aliphatic heterocycles. The maximum Gasteiger partial charge on any atom is 0.240 e. The Bertz CT molecular complexity index is 1200. The summed E-state index contributed by atoms with van der Waals surface area (Å²) >= 11 is 0. The van der Waals surface area contributed by atoms with Crippen LogP contribution in [-0.2, 0) is 10.0 Å². The Morgan fingerprint density at radius 1 is 1.07 bits per heavy atom. The molecular weight excluding hydrogens is 406 g/mol. The average molecular weight is 425 g/mol.